The first-order chi connectivity index (χ1) is 4.25. The molecule has 0 saturated carbocycles. The summed E-state index contributed by atoms with van der Waals surface area (Å²) < 4.78 is 0. The van der Waals surface area contributed by atoms with E-state index in [0.717, 1.165) is 24.1 Å². The minimum absolute atomic E-state index is 1.04. The zero-order valence-electron chi connectivity index (χ0n) is 5.78. The number of nitrogens with zero attached hydrogens (tertiary/aromatic N) is 1. The highest BCUT2D eigenvalue weighted by atomic mass is 14.7. The summed E-state index contributed by atoms with van der Waals surface area (Å²) in [5, 5.41) is 0. The van der Waals surface area contributed by atoms with Crippen LogP contribution < -0.4 is 0 Å². The Hall–Kier alpha value is -0.850. The van der Waals surface area contributed by atoms with Crippen LogP contribution >= 0.6 is 0 Å². The largest absolute Gasteiger partial charge is 0.264 e. The summed E-state index contributed by atoms with van der Waals surface area (Å²) in [6.45, 7) is 9.43. The summed E-state index contributed by atoms with van der Waals surface area (Å²) in [7, 11) is 0. The van der Waals surface area contributed by atoms with Crippen LogP contribution in [0.25, 0.3) is 0 Å². The van der Waals surface area contributed by atoms with Gasteiger partial charge in [0.05, 0.1) is 5.70 Å². The smallest absolute Gasteiger partial charge is 0.0637 e. The van der Waals surface area contributed by atoms with E-state index in [1.165, 1.54) is 5.57 Å². The maximum absolute atomic E-state index is 3.88. The van der Waals surface area contributed by atoms with E-state index < -0.39 is 0 Å². The summed E-state index contributed by atoms with van der Waals surface area (Å²) in [6, 6.07) is 0. The van der Waals surface area contributed by atoms with Gasteiger partial charge in [-0.05, 0) is 37.6 Å². The molecule has 1 aliphatic carbocycles. The Morgan fingerprint density at radius 3 is 2.33 bits per heavy atom. The molecule has 48 valence electrons. The fourth-order valence-corrected chi connectivity index (χ4v) is 1.12. The Balaban J connectivity index is 2.94. The molecule has 0 N–H and O–H groups in total. The number of hydrogen-bond acceptors (Lipinski definition) is 1. The van der Waals surface area contributed by atoms with Crippen LogP contribution in [0.4, 0.5) is 0 Å². The molecule has 0 radical (unpaired) electrons. The third-order valence-electron chi connectivity index (χ3n) is 1.70. The third kappa shape index (κ3) is 0.947. The molecule has 1 nitrogen and oxygen atoms in total. The van der Waals surface area contributed by atoms with Crippen LogP contribution in [-0.4, -0.2) is 6.72 Å². The van der Waals surface area contributed by atoms with Crippen molar-refractivity contribution in [1.29, 1.82) is 0 Å². The molecule has 0 saturated heterocycles. The number of rotatable bonds is 1. The molecule has 0 heterocycles. The zero-order valence-corrected chi connectivity index (χ0v) is 5.78. The first kappa shape index (κ1) is 6.27. The highest BCUT2D eigenvalue weighted by Crippen LogP contribution is 2.29. The molecule has 0 fully saturated rings. The second-order valence-corrected chi connectivity index (χ2v) is 2.39. The average molecular weight is 121 g/mol. The molecular weight excluding hydrogens is 110 g/mol. The van der Waals surface area contributed by atoms with Crippen molar-refractivity contribution in [2.24, 2.45) is 4.99 Å². The van der Waals surface area contributed by atoms with Gasteiger partial charge < -0.3 is 0 Å². The topological polar surface area (TPSA) is 12.4 Å². The number of hydrogen-bond donors (Lipinski definition) is 0. The lowest BCUT2D eigenvalue weighted by molar-refractivity contribution is 1.01. The summed E-state index contributed by atoms with van der Waals surface area (Å²) in [5.41, 5.74) is 3.51. The lowest BCUT2D eigenvalue weighted by Crippen LogP contribution is -1.74. The normalized spacial score (nSPS) is 19.0. The summed E-state index contributed by atoms with van der Waals surface area (Å²) >= 11 is 0. The van der Waals surface area contributed by atoms with Gasteiger partial charge in [0.2, 0.25) is 0 Å². The Labute approximate surface area is 55.8 Å². The van der Waals surface area contributed by atoms with Crippen LogP contribution in [0, 0.1) is 0 Å². The number of aliphatic imine (C=N–C) groups is 1. The molecular formula is C8H11N. The van der Waals surface area contributed by atoms with Crippen molar-refractivity contribution in [1.82, 2.24) is 0 Å². The SMILES string of the molecule is C=NC1=C(C)CCC1=C. The lowest BCUT2D eigenvalue weighted by atomic mass is 10.2. The van der Waals surface area contributed by atoms with Gasteiger partial charge >= 0.3 is 0 Å². The van der Waals surface area contributed by atoms with Crippen LogP contribution in [0.3, 0.4) is 0 Å². The van der Waals surface area contributed by atoms with Gasteiger partial charge in [-0.3, -0.25) is 4.99 Å². The van der Waals surface area contributed by atoms with Crippen LogP contribution in [0.15, 0.2) is 28.4 Å². The lowest BCUT2D eigenvalue weighted by Gasteiger charge is -1.93. The first-order valence-electron chi connectivity index (χ1n) is 3.10. The molecule has 0 aromatic carbocycles. The van der Waals surface area contributed by atoms with Crippen molar-refractivity contribution < 1.29 is 0 Å². The van der Waals surface area contributed by atoms with Gasteiger partial charge in [-0.2, -0.15) is 0 Å². The van der Waals surface area contributed by atoms with Gasteiger partial charge in [0, 0.05) is 0 Å². The predicted octanol–water partition coefficient (Wildman–Crippen LogP) is 2.31. The molecule has 1 aliphatic rings. The van der Waals surface area contributed by atoms with Crippen LogP contribution in [0.2, 0.25) is 0 Å². The van der Waals surface area contributed by atoms with Gasteiger partial charge in [0.15, 0.2) is 0 Å². The quantitative estimate of drug-likeness (QED) is 0.472. The summed E-state index contributed by atoms with van der Waals surface area (Å²) in [5.74, 6) is 0. The van der Waals surface area contributed by atoms with Crippen LogP contribution in [0.1, 0.15) is 19.8 Å². The summed E-state index contributed by atoms with van der Waals surface area (Å²) in [6.07, 6.45) is 2.19. The molecule has 0 aromatic rings. The molecule has 0 amide bonds. The van der Waals surface area contributed by atoms with E-state index >= 15 is 0 Å². The third-order valence-corrected chi connectivity index (χ3v) is 1.70. The van der Waals surface area contributed by atoms with E-state index in [1.807, 2.05) is 0 Å². The van der Waals surface area contributed by atoms with Crippen molar-refractivity contribution in [2.75, 3.05) is 0 Å². The van der Waals surface area contributed by atoms with Crippen molar-refractivity contribution in [3.8, 4) is 0 Å². The van der Waals surface area contributed by atoms with Gasteiger partial charge in [-0.15, -0.1) is 0 Å². The minimum Gasteiger partial charge on any atom is -0.264 e. The molecule has 1 heteroatoms. The van der Waals surface area contributed by atoms with E-state index in [4.69, 9.17) is 0 Å². The Kier molecular flexibility index (Phi) is 1.52. The standard InChI is InChI=1S/C8H11N/c1-6-4-5-7(2)8(6)9-3/h1,3-5H2,2H3. The van der Waals surface area contributed by atoms with Crippen LogP contribution in [-0.2, 0) is 0 Å². The molecule has 0 bridgehead atoms. The monoisotopic (exact) mass is 121 g/mol. The second-order valence-electron chi connectivity index (χ2n) is 2.39. The highest BCUT2D eigenvalue weighted by molar-refractivity contribution is 5.43. The van der Waals surface area contributed by atoms with Gasteiger partial charge in [0.25, 0.3) is 0 Å². The molecule has 9 heavy (non-hydrogen) atoms. The Morgan fingerprint density at radius 2 is 2.11 bits per heavy atom. The molecule has 1 rings (SSSR count). The molecule has 0 aromatic heterocycles. The zero-order chi connectivity index (χ0) is 6.85. The molecule has 0 atom stereocenters. The van der Waals surface area contributed by atoms with E-state index in [9.17, 15) is 0 Å². The fraction of sp³-hybridized carbons (Fsp3) is 0.375. The van der Waals surface area contributed by atoms with E-state index in [0.29, 0.717) is 0 Å². The fourth-order valence-electron chi connectivity index (χ4n) is 1.12. The van der Waals surface area contributed by atoms with Crippen LogP contribution in [0.5, 0.6) is 0 Å². The van der Waals surface area contributed by atoms with E-state index in [1.54, 1.807) is 0 Å². The predicted molar refractivity (Wildman–Crippen MR) is 40.6 cm³/mol. The van der Waals surface area contributed by atoms with Gasteiger partial charge in [-0.25, -0.2) is 0 Å². The van der Waals surface area contributed by atoms with Gasteiger partial charge in [0.1, 0.15) is 0 Å². The van der Waals surface area contributed by atoms with E-state index in [2.05, 4.69) is 25.2 Å². The maximum Gasteiger partial charge on any atom is 0.0637 e. The van der Waals surface area contributed by atoms with Gasteiger partial charge in [-0.1, -0.05) is 6.58 Å². The molecule has 0 unspecified atom stereocenters. The Morgan fingerprint density at radius 1 is 1.44 bits per heavy atom. The molecule has 0 spiro atoms. The van der Waals surface area contributed by atoms with E-state index in [-0.39, 0.29) is 0 Å². The molecule has 0 aliphatic heterocycles. The Bertz CT molecular complexity index is 187. The number of allylic oxidation sites excluding steroid dienone is 2. The minimum atomic E-state index is 1.04. The highest BCUT2D eigenvalue weighted by Gasteiger charge is 2.12. The van der Waals surface area contributed by atoms with Crippen molar-refractivity contribution in [3.63, 3.8) is 0 Å². The average Bonchev–Trinajstić information content (AvgIpc) is 2.12. The van der Waals surface area contributed by atoms with Crippen molar-refractivity contribution in [2.45, 2.75) is 19.8 Å². The van der Waals surface area contributed by atoms with Crippen molar-refractivity contribution >= 4 is 6.72 Å². The summed E-state index contributed by atoms with van der Waals surface area (Å²) in [4.78, 5) is 3.88. The first-order valence-corrected chi connectivity index (χ1v) is 3.10. The second kappa shape index (κ2) is 2.18. The van der Waals surface area contributed by atoms with Crippen molar-refractivity contribution in [3.05, 3.63) is 23.4 Å². The maximum atomic E-state index is 3.88.